The van der Waals surface area contributed by atoms with Crippen LogP contribution in [0.5, 0.6) is 5.88 Å². The van der Waals surface area contributed by atoms with Crippen molar-refractivity contribution in [3.8, 4) is 5.88 Å². The van der Waals surface area contributed by atoms with Crippen LogP contribution in [0.15, 0.2) is 12.1 Å². The molecule has 16 heavy (non-hydrogen) atoms. The molecule has 5 heteroatoms. The highest BCUT2D eigenvalue weighted by Crippen LogP contribution is 2.24. The molecule has 0 unspecified atom stereocenters. The number of nitrogens with two attached hydrogens (primary N) is 1. The van der Waals surface area contributed by atoms with Crippen LogP contribution >= 0.6 is 11.6 Å². The van der Waals surface area contributed by atoms with Crippen LogP contribution in [0.2, 0.25) is 5.15 Å². The number of rotatable bonds is 2. The highest BCUT2D eigenvalue weighted by atomic mass is 35.5. The molecule has 88 valence electrons. The van der Waals surface area contributed by atoms with Crippen molar-refractivity contribution in [2.24, 2.45) is 0 Å². The number of nitrogen functional groups attached to an aromatic ring is 1. The Hall–Kier alpha value is -1.00. The molecule has 4 nitrogen and oxygen atoms in total. The van der Waals surface area contributed by atoms with Gasteiger partial charge in [0, 0.05) is 13.1 Å². The molecule has 0 amide bonds. The molecule has 2 rings (SSSR count). The lowest BCUT2D eigenvalue weighted by Crippen LogP contribution is -2.35. The fourth-order valence-electron chi connectivity index (χ4n) is 1.78. The largest absolute Gasteiger partial charge is 0.473 e. The molecule has 1 saturated heterocycles. The molecule has 0 aromatic carbocycles. The summed E-state index contributed by atoms with van der Waals surface area (Å²) in [5.41, 5.74) is 6.32. The molecule has 1 aliphatic rings. The Morgan fingerprint density at radius 2 is 2.12 bits per heavy atom. The average Bonchev–Trinajstić information content (AvgIpc) is 2.27. The van der Waals surface area contributed by atoms with E-state index in [0.29, 0.717) is 16.7 Å². The predicted molar refractivity (Wildman–Crippen MR) is 64.8 cm³/mol. The van der Waals surface area contributed by atoms with Gasteiger partial charge in [-0.15, -0.1) is 0 Å². The zero-order chi connectivity index (χ0) is 11.5. The summed E-state index contributed by atoms with van der Waals surface area (Å²) in [6.07, 6.45) is 2.21. The Morgan fingerprint density at radius 1 is 1.44 bits per heavy atom. The summed E-state index contributed by atoms with van der Waals surface area (Å²) in [7, 11) is 2.11. The molecule has 1 aromatic rings. The lowest BCUT2D eigenvalue weighted by molar-refractivity contribution is 0.111. The molecule has 2 heterocycles. The maximum Gasteiger partial charge on any atom is 0.238 e. The molecule has 1 fully saturated rings. The third kappa shape index (κ3) is 2.77. The quantitative estimate of drug-likeness (QED) is 0.803. The highest BCUT2D eigenvalue weighted by molar-refractivity contribution is 6.29. The number of nitrogens with zero attached hydrogens (tertiary/aromatic N) is 2. The van der Waals surface area contributed by atoms with Gasteiger partial charge in [-0.2, -0.15) is 4.98 Å². The summed E-state index contributed by atoms with van der Waals surface area (Å²) >= 11 is 5.80. The standard InChI is InChI=1S/C11H16ClN3O/c1-15-6-4-8(5-7-15)16-11-9(13)2-3-10(12)14-11/h2-3,8H,4-7,13H2,1H3. The van der Waals surface area contributed by atoms with Gasteiger partial charge in [0.1, 0.15) is 11.3 Å². The number of hydrogen-bond donors (Lipinski definition) is 1. The Bertz CT molecular complexity index is 364. The normalized spacial score (nSPS) is 18.6. The molecule has 0 spiro atoms. The summed E-state index contributed by atoms with van der Waals surface area (Å²) in [5.74, 6) is 0.460. The van der Waals surface area contributed by atoms with Crippen molar-refractivity contribution in [3.05, 3.63) is 17.3 Å². The van der Waals surface area contributed by atoms with Crippen molar-refractivity contribution in [1.29, 1.82) is 0 Å². The van der Waals surface area contributed by atoms with Crippen LogP contribution in [-0.4, -0.2) is 36.1 Å². The van der Waals surface area contributed by atoms with Crippen molar-refractivity contribution in [1.82, 2.24) is 9.88 Å². The second-order valence-electron chi connectivity index (χ2n) is 4.15. The monoisotopic (exact) mass is 241 g/mol. The number of likely N-dealkylation sites (tertiary alicyclic amines) is 1. The van der Waals surface area contributed by atoms with Gasteiger partial charge in [0.25, 0.3) is 0 Å². The third-order valence-electron chi connectivity index (χ3n) is 2.80. The first-order valence-corrected chi connectivity index (χ1v) is 5.80. The molecule has 0 radical (unpaired) electrons. The predicted octanol–water partition coefficient (Wildman–Crippen LogP) is 1.79. The smallest absolute Gasteiger partial charge is 0.238 e. The average molecular weight is 242 g/mol. The lowest BCUT2D eigenvalue weighted by Gasteiger charge is -2.29. The number of aromatic nitrogens is 1. The Morgan fingerprint density at radius 3 is 2.81 bits per heavy atom. The zero-order valence-corrected chi connectivity index (χ0v) is 10.1. The summed E-state index contributed by atoms with van der Waals surface area (Å²) in [6, 6.07) is 3.39. The number of hydrogen-bond acceptors (Lipinski definition) is 4. The van der Waals surface area contributed by atoms with E-state index in [9.17, 15) is 0 Å². The van der Waals surface area contributed by atoms with Crippen LogP contribution in [0, 0.1) is 0 Å². The van der Waals surface area contributed by atoms with Gasteiger partial charge in [-0.25, -0.2) is 0 Å². The third-order valence-corrected chi connectivity index (χ3v) is 3.01. The van der Waals surface area contributed by atoms with Gasteiger partial charge in [0.15, 0.2) is 0 Å². The fourth-order valence-corrected chi connectivity index (χ4v) is 1.92. The van der Waals surface area contributed by atoms with Crippen molar-refractivity contribution in [2.75, 3.05) is 25.9 Å². The lowest BCUT2D eigenvalue weighted by atomic mass is 10.1. The van der Waals surface area contributed by atoms with E-state index in [2.05, 4.69) is 16.9 Å². The van der Waals surface area contributed by atoms with Gasteiger partial charge in [-0.05, 0) is 32.0 Å². The molecule has 1 aromatic heterocycles. The number of anilines is 1. The molecule has 0 saturated carbocycles. The van der Waals surface area contributed by atoms with Gasteiger partial charge in [0.2, 0.25) is 5.88 Å². The minimum atomic E-state index is 0.199. The van der Waals surface area contributed by atoms with E-state index in [-0.39, 0.29) is 6.10 Å². The summed E-state index contributed by atoms with van der Waals surface area (Å²) < 4.78 is 5.77. The van der Waals surface area contributed by atoms with E-state index in [1.165, 1.54) is 0 Å². The SMILES string of the molecule is CN1CCC(Oc2nc(Cl)ccc2N)CC1. The first-order chi connectivity index (χ1) is 7.65. The number of piperidine rings is 1. The van der Waals surface area contributed by atoms with Crippen LogP contribution in [0.3, 0.4) is 0 Å². The molecular formula is C11H16ClN3O. The molecule has 0 aliphatic carbocycles. The van der Waals surface area contributed by atoms with Crippen LogP contribution < -0.4 is 10.5 Å². The maximum atomic E-state index is 5.80. The molecule has 0 atom stereocenters. The Kier molecular flexibility index (Phi) is 3.51. The Balaban J connectivity index is 2.00. The maximum absolute atomic E-state index is 5.80. The minimum Gasteiger partial charge on any atom is -0.473 e. The Labute approximate surface area is 100 Å². The van der Waals surface area contributed by atoms with Crippen LogP contribution in [0.4, 0.5) is 5.69 Å². The van der Waals surface area contributed by atoms with E-state index in [4.69, 9.17) is 22.1 Å². The van der Waals surface area contributed by atoms with E-state index in [1.54, 1.807) is 12.1 Å². The second kappa shape index (κ2) is 4.89. The first kappa shape index (κ1) is 11.5. The molecular weight excluding hydrogens is 226 g/mol. The van der Waals surface area contributed by atoms with E-state index >= 15 is 0 Å². The van der Waals surface area contributed by atoms with Crippen LogP contribution in [0.25, 0.3) is 0 Å². The molecule has 1 aliphatic heterocycles. The number of ether oxygens (including phenoxy) is 1. The van der Waals surface area contributed by atoms with E-state index in [1.807, 2.05) is 0 Å². The van der Waals surface area contributed by atoms with Gasteiger partial charge >= 0.3 is 0 Å². The highest BCUT2D eigenvalue weighted by Gasteiger charge is 2.19. The summed E-state index contributed by atoms with van der Waals surface area (Å²) in [5, 5.41) is 0.414. The summed E-state index contributed by atoms with van der Waals surface area (Å²) in [6.45, 7) is 2.09. The van der Waals surface area contributed by atoms with Gasteiger partial charge < -0.3 is 15.4 Å². The zero-order valence-electron chi connectivity index (χ0n) is 9.32. The van der Waals surface area contributed by atoms with Gasteiger partial charge in [0.05, 0.1) is 5.69 Å². The molecule has 0 bridgehead atoms. The molecule has 2 N–H and O–H groups in total. The van der Waals surface area contributed by atoms with E-state index < -0.39 is 0 Å². The second-order valence-corrected chi connectivity index (χ2v) is 4.54. The van der Waals surface area contributed by atoms with Gasteiger partial charge in [-0.1, -0.05) is 11.6 Å². The van der Waals surface area contributed by atoms with Crippen molar-refractivity contribution in [2.45, 2.75) is 18.9 Å². The topological polar surface area (TPSA) is 51.4 Å². The fraction of sp³-hybridized carbons (Fsp3) is 0.545. The number of halogens is 1. The van der Waals surface area contributed by atoms with Crippen molar-refractivity contribution < 1.29 is 4.74 Å². The number of pyridine rings is 1. The summed E-state index contributed by atoms with van der Waals surface area (Å²) in [4.78, 5) is 6.38. The van der Waals surface area contributed by atoms with Crippen molar-refractivity contribution in [3.63, 3.8) is 0 Å². The first-order valence-electron chi connectivity index (χ1n) is 5.42. The van der Waals surface area contributed by atoms with E-state index in [0.717, 1.165) is 25.9 Å². The minimum absolute atomic E-state index is 0.199. The van der Waals surface area contributed by atoms with Crippen molar-refractivity contribution >= 4 is 17.3 Å². The van der Waals surface area contributed by atoms with Gasteiger partial charge in [-0.3, -0.25) is 0 Å². The van der Waals surface area contributed by atoms with Crippen LogP contribution in [-0.2, 0) is 0 Å². The van der Waals surface area contributed by atoms with Crippen LogP contribution in [0.1, 0.15) is 12.8 Å².